The van der Waals surface area contributed by atoms with Crippen LogP contribution in [0.1, 0.15) is 54.9 Å². The molecule has 0 radical (unpaired) electrons. The minimum Gasteiger partial charge on any atom is -0.437 e. The SMILES string of the molecule is [2H]C([2H])([2H])c1ccc2c(n1)oc1c(-c3cc(C(C)(C)C4CCCC4)ccn3)cccc12. The Hall–Kier alpha value is -2.68. The van der Waals surface area contributed by atoms with Crippen LogP contribution in [0.4, 0.5) is 0 Å². The van der Waals surface area contributed by atoms with Crippen LogP contribution in [0.3, 0.4) is 0 Å². The standard InChI is InChI=1S/C25H26N2O/c1-16-11-12-20-19-9-6-10-21(23(19)28-24(20)27-16)22-15-18(13-14-26-22)25(2,3)17-7-4-5-8-17/h6,9-15,17H,4-5,7-8H2,1-3H3/i1D3. The number of aryl methyl sites for hydroxylation is 1. The zero-order chi connectivity index (χ0) is 21.8. The molecule has 3 heterocycles. The number of nitrogens with zero attached hydrogens (tertiary/aromatic N) is 2. The van der Waals surface area contributed by atoms with Crippen LogP contribution in [0.5, 0.6) is 0 Å². The van der Waals surface area contributed by atoms with Gasteiger partial charge in [0.2, 0.25) is 5.71 Å². The molecule has 0 saturated heterocycles. The molecule has 3 aromatic heterocycles. The van der Waals surface area contributed by atoms with E-state index in [1.54, 1.807) is 12.1 Å². The summed E-state index contributed by atoms with van der Waals surface area (Å²) in [5.41, 5.74) is 4.22. The van der Waals surface area contributed by atoms with E-state index in [1.807, 2.05) is 24.4 Å². The molecule has 1 aromatic carbocycles. The number of para-hydroxylation sites is 1. The lowest BCUT2D eigenvalue weighted by atomic mass is 9.72. The van der Waals surface area contributed by atoms with Crippen molar-refractivity contribution in [2.45, 2.75) is 51.8 Å². The summed E-state index contributed by atoms with van der Waals surface area (Å²) in [6, 6.07) is 13.6. The number of benzene rings is 1. The lowest BCUT2D eigenvalue weighted by molar-refractivity contribution is 0.325. The van der Waals surface area contributed by atoms with Gasteiger partial charge in [-0.1, -0.05) is 38.8 Å². The van der Waals surface area contributed by atoms with Gasteiger partial charge in [0.1, 0.15) is 5.58 Å². The minimum absolute atomic E-state index is 0.0408. The summed E-state index contributed by atoms with van der Waals surface area (Å²) < 4.78 is 29.0. The Morgan fingerprint density at radius 2 is 1.93 bits per heavy atom. The molecule has 4 aromatic rings. The molecule has 3 nitrogen and oxygen atoms in total. The molecule has 0 aliphatic heterocycles. The topological polar surface area (TPSA) is 38.9 Å². The van der Waals surface area contributed by atoms with Gasteiger partial charge in [0.15, 0.2) is 0 Å². The van der Waals surface area contributed by atoms with Gasteiger partial charge in [0, 0.05) is 32.3 Å². The molecule has 1 aliphatic carbocycles. The summed E-state index contributed by atoms with van der Waals surface area (Å²) in [4.78, 5) is 8.93. The van der Waals surface area contributed by atoms with Gasteiger partial charge in [0.25, 0.3) is 0 Å². The fourth-order valence-corrected chi connectivity index (χ4v) is 4.74. The number of hydrogen-bond acceptors (Lipinski definition) is 3. The Morgan fingerprint density at radius 3 is 2.75 bits per heavy atom. The van der Waals surface area contributed by atoms with Crippen LogP contribution in [0.15, 0.2) is 53.1 Å². The molecule has 0 atom stereocenters. The fourth-order valence-electron chi connectivity index (χ4n) is 4.74. The summed E-state index contributed by atoms with van der Waals surface area (Å²) >= 11 is 0. The molecule has 142 valence electrons. The van der Waals surface area contributed by atoms with Gasteiger partial charge >= 0.3 is 0 Å². The van der Waals surface area contributed by atoms with Crippen LogP contribution in [0.25, 0.3) is 33.3 Å². The van der Waals surface area contributed by atoms with Crippen molar-refractivity contribution in [1.82, 2.24) is 9.97 Å². The summed E-state index contributed by atoms with van der Waals surface area (Å²) in [7, 11) is 0. The number of furan rings is 1. The van der Waals surface area contributed by atoms with Gasteiger partial charge in [0.05, 0.1) is 5.69 Å². The van der Waals surface area contributed by atoms with Crippen molar-refractivity contribution >= 4 is 22.1 Å². The third-order valence-electron chi connectivity index (χ3n) is 6.52. The van der Waals surface area contributed by atoms with Crippen molar-refractivity contribution < 1.29 is 8.53 Å². The molecular formula is C25H26N2O. The highest BCUT2D eigenvalue weighted by Crippen LogP contribution is 2.43. The number of fused-ring (bicyclic) bond motifs is 3. The largest absolute Gasteiger partial charge is 0.437 e. The number of hydrogen-bond donors (Lipinski definition) is 0. The van der Waals surface area contributed by atoms with E-state index in [1.165, 1.54) is 31.2 Å². The minimum atomic E-state index is -2.27. The molecule has 0 bridgehead atoms. The van der Waals surface area contributed by atoms with Crippen LogP contribution in [-0.4, -0.2) is 9.97 Å². The van der Waals surface area contributed by atoms with Crippen molar-refractivity contribution in [1.29, 1.82) is 0 Å². The maximum Gasteiger partial charge on any atom is 0.227 e. The van der Waals surface area contributed by atoms with E-state index < -0.39 is 6.85 Å². The van der Waals surface area contributed by atoms with E-state index in [4.69, 9.17) is 8.53 Å². The highest BCUT2D eigenvalue weighted by Gasteiger charge is 2.33. The smallest absolute Gasteiger partial charge is 0.227 e. The summed E-state index contributed by atoms with van der Waals surface area (Å²) in [6.45, 7) is 2.41. The van der Waals surface area contributed by atoms with Gasteiger partial charge < -0.3 is 4.42 Å². The van der Waals surface area contributed by atoms with Crippen LogP contribution in [0, 0.1) is 12.8 Å². The van der Waals surface area contributed by atoms with Crippen LogP contribution in [-0.2, 0) is 5.41 Å². The zero-order valence-corrected chi connectivity index (χ0v) is 16.3. The third kappa shape index (κ3) is 2.72. The van der Waals surface area contributed by atoms with Crippen molar-refractivity contribution in [2.24, 2.45) is 5.92 Å². The molecule has 3 heteroatoms. The van der Waals surface area contributed by atoms with Crippen molar-refractivity contribution in [3.8, 4) is 11.3 Å². The quantitative estimate of drug-likeness (QED) is 0.395. The molecule has 5 rings (SSSR count). The molecule has 1 fully saturated rings. The first-order valence-corrected chi connectivity index (χ1v) is 10.0. The van der Waals surface area contributed by atoms with Gasteiger partial charge in [-0.05, 0) is 66.9 Å². The second kappa shape index (κ2) is 6.44. The molecule has 1 saturated carbocycles. The average molecular weight is 374 g/mol. The number of rotatable bonds is 3. The highest BCUT2D eigenvalue weighted by molar-refractivity contribution is 6.08. The molecular weight excluding hydrogens is 344 g/mol. The predicted octanol–water partition coefficient (Wildman–Crippen LogP) is 6.82. The molecule has 0 spiro atoms. The van der Waals surface area contributed by atoms with E-state index >= 15 is 0 Å². The van der Waals surface area contributed by atoms with E-state index in [9.17, 15) is 0 Å². The Bertz CT molecular complexity index is 1270. The lowest BCUT2D eigenvalue weighted by Gasteiger charge is -2.32. The van der Waals surface area contributed by atoms with Crippen molar-refractivity contribution in [3.05, 3.63) is 59.9 Å². The van der Waals surface area contributed by atoms with E-state index in [-0.39, 0.29) is 11.1 Å². The molecule has 1 aliphatic rings. The molecule has 28 heavy (non-hydrogen) atoms. The first-order chi connectivity index (χ1) is 14.7. The number of pyridine rings is 2. The van der Waals surface area contributed by atoms with Gasteiger partial charge in [-0.15, -0.1) is 0 Å². The fraction of sp³-hybridized carbons (Fsp3) is 0.360. The van der Waals surface area contributed by atoms with Gasteiger partial charge in [-0.3, -0.25) is 4.98 Å². The monoisotopic (exact) mass is 373 g/mol. The second-order valence-electron chi connectivity index (χ2n) is 8.47. The number of aromatic nitrogens is 2. The summed E-state index contributed by atoms with van der Waals surface area (Å²) in [5.74, 6) is 0.687. The average Bonchev–Trinajstić information content (AvgIpc) is 3.41. The van der Waals surface area contributed by atoms with Crippen molar-refractivity contribution in [3.63, 3.8) is 0 Å². The lowest BCUT2D eigenvalue weighted by Crippen LogP contribution is -2.26. The summed E-state index contributed by atoms with van der Waals surface area (Å²) in [6.07, 6.45) is 7.07. The van der Waals surface area contributed by atoms with Crippen LogP contribution in [0.2, 0.25) is 0 Å². The van der Waals surface area contributed by atoms with E-state index in [2.05, 4.69) is 35.9 Å². The van der Waals surface area contributed by atoms with Crippen LogP contribution >= 0.6 is 0 Å². The molecule has 0 unspecified atom stereocenters. The highest BCUT2D eigenvalue weighted by atomic mass is 16.3. The first kappa shape index (κ1) is 14.3. The molecule has 0 amide bonds. The maximum absolute atomic E-state index is 7.63. The van der Waals surface area contributed by atoms with E-state index in [0.29, 0.717) is 17.2 Å². The zero-order valence-electron chi connectivity index (χ0n) is 19.3. The van der Waals surface area contributed by atoms with Crippen molar-refractivity contribution in [2.75, 3.05) is 0 Å². The normalized spacial score (nSPS) is 17.7. The Morgan fingerprint density at radius 1 is 1.07 bits per heavy atom. The van der Waals surface area contributed by atoms with Crippen LogP contribution < -0.4 is 0 Å². The Kier molecular flexibility index (Phi) is 3.30. The van der Waals surface area contributed by atoms with Gasteiger partial charge in [-0.25, -0.2) is 4.98 Å². The maximum atomic E-state index is 7.63. The predicted molar refractivity (Wildman–Crippen MR) is 114 cm³/mol. The molecule has 0 N–H and O–H groups in total. The Labute approximate surface area is 170 Å². The van der Waals surface area contributed by atoms with Gasteiger partial charge in [-0.2, -0.15) is 0 Å². The summed E-state index contributed by atoms with van der Waals surface area (Å²) in [5, 5.41) is 1.73. The second-order valence-corrected chi connectivity index (χ2v) is 8.47. The first-order valence-electron chi connectivity index (χ1n) is 11.5. The third-order valence-corrected chi connectivity index (χ3v) is 6.52. The van der Waals surface area contributed by atoms with E-state index in [0.717, 1.165) is 22.0 Å². The Balaban J connectivity index is 1.64.